The van der Waals surface area contributed by atoms with E-state index in [9.17, 15) is 14.4 Å². The van der Waals surface area contributed by atoms with Gasteiger partial charge in [0.2, 0.25) is 17.7 Å². The number of likely N-dealkylation sites (tertiary alicyclic amines) is 2. The predicted octanol–water partition coefficient (Wildman–Crippen LogP) is 2.21. The Morgan fingerprint density at radius 2 is 1.78 bits per heavy atom. The van der Waals surface area contributed by atoms with Crippen molar-refractivity contribution in [3.8, 4) is 11.1 Å². The molecule has 4 aliphatic rings. The number of aromatic nitrogens is 3. The van der Waals surface area contributed by atoms with E-state index in [1.165, 1.54) is 4.90 Å². The van der Waals surface area contributed by atoms with Gasteiger partial charge in [-0.3, -0.25) is 29.4 Å². The first-order valence-corrected chi connectivity index (χ1v) is 11.7. The fourth-order valence-electron chi connectivity index (χ4n) is 6.67. The van der Waals surface area contributed by atoms with Crippen molar-refractivity contribution in [1.29, 1.82) is 0 Å². The summed E-state index contributed by atoms with van der Waals surface area (Å²) in [6, 6.07) is 3.91. The van der Waals surface area contributed by atoms with Crippen molar-refractivity contribution in [2.24, 2.45) is 23.7 Å². The molecule has 8 heteroatoms. The molecule has 166 valence electrons. The molecule has 2 saturated carbocycles. The van der Waals surface area contributed by atoms with E-state index in [0.717, 1.165) is 48.9 Å². The van der Waals surface area contributed by atoms with Crippen molar-refractivity contribution in [2.45, 2.75) is 38.0 Å². The van der Waals surface area contributed by atoms with Crippen LogP contribution < -0.4 is 0 Å². The number of pyridine rings is 1. The number of amides is 3. The van der Waals surface area contributed by atoms with Crippen molar-refractivity contribution >= 4 is 17.7 Å². The molecule has 2 aliphatic heterocycles. The summed E-state index contributed by atoms with van der Waals surface area (Å²) in [5, 5.41) is 7.39. The fraction of sp³-hybridized carbons (Fsp3) is 0.542. The van der Waals surface area contributed by atoms with E-state index in [2.05, 4.69) is 15.2 Å². The van der Waals surface area contributed by atoms with Crippen LogP contribution in [0.1, 0.15) is 43.7 Å². The van der Waals surface area contributed by atoms with E-state index < -0.39 is 0 Å². The van der Waals surface area contributed by atoms with Crippen LogP contribution in [0, 0.1) is 23.7 Å². The smallest absolute Gasteiger partial charge is 0.242 e. The average Bonchev–Trinajstić information content (AvgIpc) is 3.61. The molecule has 5 atom stereocenters. The zero-order chi connectivity index (χ0) is 21.8. The predicted molar refractivity (Wildman–Crippen MR) is 115 cm³/mol. The zero-order valence-corrected chi connectivity index (χ0v) is 17.9. The minimum absolute atomic E-state index is 0.109. The Kier molecular flexibility index (Phi) is 4.62. The summed E-state index contributed by atoms with van der Waals surface area (Å²) >= 11 is 0. The first-order chi connectivity index (χ1) is 15.6. The molecule has 6 rings (SSSR count). The quantitative estimate of drug-likeness (QED) is 0.746. The number of carbonyl (C=O) groups excluding carboxylic acids is 3. The summed E-state index contributed by atoms with van der Waals surface area (Å²) in [5.41, 5.74) is 3.09. The van der Waals surface area contributed by atoms with Crippen LogP contribution in [0.3, 0.4) is 0 Å². The van der Waals surface area contributed by atoms with E-state index in [4.69, 9.17) is 0 Å². The molecule has 8 nitrogen and oxygen atoms in total. The van der Waals surface area contributed by atoms with Crippen molar-refractivity contribution in [3.05, 3.63) is 36.4 Å². The highest BCUT2D eigenvalue weighted by Crippen LogP contribution is 2.56. The summed E-state index contributed by atoms with van der Waals surface area (Å²) in [7, 11) is 0. The lowest BCUT2D eigenvalue weighted by Crippen LogP contribution is -2.46. The molecule has 2 aromatic heterocycles. The van der Waals surface area contributed by atoms with Gasteiger partial charge in [0.15, 0.2) is 0 Å². The van der Waals surface area contributed by atoms with Crippen LogP contribution in [0.15, 0.2) is 30.7 Å². The number of imide groups is 1. The molecule has 4 heterocycles. The summed E-state index contributed by atoms with van der Waals surface area (Å²) in [4.78, 5) is 46.3. The lowest BCUT2D eigenvalue weighted by Gasteiger charge is -2.33. The normalized spacial score (nSPS) is 31.4. The second-order valence-electron chi connectivity index (χ2n) is 9.76. The SMILES string of the molecule is O=C(CN1C(=O)[C@H]2[C@@H]3CC[C@@H](C3)[C@@H]2C1=O)N1CCC[C@@H](c2[nH]ncc2-c2ccncc2)C1. The highest BCUT2D eigenvalue weighted by atomic mass is 16.2. The van der Waals surface area contributed by atoms with Gasteiger partial charge in [-0.25, -0.2) is 0 Å². The maximum Gasteiger partial charge on any atom is 0.242 e. The van der Waals surface area contributed by atoms with Gasteiger partial charge in [0.1, 0.15) is 6.54 Å². The molecule has 2 saturated heterocycles. The number of fused-ring (bicyclic) bond motifs is 5. The summed E-state index contributed by atoms with van der Waals surface area (Å²) in [5.74, 6) is 0.130. The monoisotopic (exact) mass is 433 g/mol. The summed E-state index contributed by atoms with van der Waals surface area (Å²) in [6.07, 6.45) is 10.3. The molecule has 32 heavy (non-hydrogen) atoms. The molecule has 2 aromatic rings. The topological polar surface area (TPSA) is 99.3 Å². The number of nitrogens with one attached hydrogen (secondary N) is 1. The number of carbonyl (C=O) groups is 3. The minimum atomic E-state index is -0.170. The molecule has 3 amide bonds. The molecule has 0 spiro atoms. The molecule has 4 fully saturated rings. The van der Waals surface area contributed by atoms with E-state index in [1.54, 1.807) is 12.4 Å². The van der Waals surface area contributed by atoms with Gasteiger partial charge in [-0.1, -0.05) is 0 Å². The van der Waals surface area contributed by atoms with Gasteiger partial charge in [0.05, 0.1) is 18.0 Å². The Morgan fingerprint density at radius 1 is 1.06 bits per heavy atom. The Labute approximate surface area is 186 Å². The highest BCUT2D eigenvalue weighted by molar-refractivity contribution is 6.08. The van der Waals surface area contributed by atoms with Crippen molar-refractivity contribution in [3.63, 3.8) is 0 Å². The lowest BCUT2D eigenvalue weighted by atomic mass is 9.81. The number of rotatable bonds is 4. The second kappa shape index (κ2) is 7.53. The van der Waals surface area contributed by atoms with E-state index in [1.807, 2.05) is 23.2 Å². The van der Waals surface area contributed by atoms with Gasteiger partial charge in [-0.15, -0.1) is 0 Å². The maximum atomic E-state index is 13.2. The number of nitrogens with zero attached hydrogens (tertiary/aromatic N) is 4. The third-order valence-corrected chi connectivity index (χ3v) is 8.15. The number of H-pyrrole nitrogens is 1. The molecular formula is C24H27N5O3. The minimum Gasteiger partial charge on any atom is -0.340 e. The standard InChI is InChI=1S/C24H27N5O3/c30-19(13-29-23(31)20-15-3-4-16(10-15)21(20)24(29)32)28-9-1-2-17(12-28)22-18(11-26-27-22)14-5-7-25-8-6-14/h5-8,11,15-17,20-21H,1-4,9-10,12-13H2,(H,26,27)/t15-,16+,17-,20+,21+/m1/s1. The van der Waals surface area contributed by atoms with E-state index in [0.29, 0.717) is 24.9 Å². The Hall–Kier alpha value is -3.03. The van der Waals surface area contributed by atoms with Crippen LogP contribution in [-0.4, -0.2) is 62.3 Å². The van der Waals surface area contributed by atoms with Gasteiger partial charge in [-0.2, -0.15) is 5.10 Å². The Balaban J connectivity index is 1.16. The van der Waals surface area contributed by atoms with Gasteiger partial charge < -0.3 is 4.90 Å². The summed E-state index contributed by atoms with van der Waals surface area (Å²) in [6.45, 7) is 1.10. The van der Waals surface area contributed by atoms with Gasteiger partial charge >= 0.3 is 0 Å². The molecule has 0 unspecified atom stereocenters. The molecular weight excluding hydrogens is 406 g/mol. The van der Waals surface area contributed by atoms with Crippen LogP contribution in [0.5, 0.6) is 0 Å². The van der Waals surface area contributed by atoms with E-state index in [-0.39, 0.29) is 42.0 Å². The molecule has 0 aromatic carbocycles. The van der Waals surface area contributed by atoms with Crippen molar-refractivity contribution < 1.29 is 14.4 Å². The van der Waals surface area contributed by atoms with Crippen LogP contribution in [0.25, 0.3) is 11.1 Å². The molecule has 2 aliphatic carbocycles. The Bertz CT molecular complexity index is 1040. The van der Waals surface area contributed by atoms with Gasteiger partial charge in [0, 0.05) is 42.7 Å². The molecule has 0 radical (unpaired) electrons. The third kappa shape index (κ3) is 2.99. The molecule has 2 bridgehead atoms. The van der Waals surface area contributed by atoms with Crippen LogP contribution in [-0.2, 0) is 14.4 Å². The number of hydrogen-bond acceptors (Lipinski definition) is 5. The summed E-state index contributed by atoms with van der Waals surface area (Å²) < 4.78 is 0. The van der Waals surface area contributed by atoms with E-state index >= 15 is 0 Å². The number of piperidine rings is 1. The van der Waals surface area contributed by atoms with Gasteiger partial charge in [-0.05, 0) is 61.6 Å². The Morgan fingerprint density at radius 3 is 2.50 bits per heavy atom. The number of aromatic amines is 1. The van der Waals surface area contributed by atoms with Gasteiger partial charge in [0.25, 0.3) is 0 Å². The number of hydrogen-bond donors (Lipinski definition) is 1. The molecule has 1 N–H and O–H groups in total. The average molecular weight is 434 g/mol. The highest BCUT2D eigenvalue weighted by Gasteiger charge is 2.61. The first kappa shape index (κ1) is 19.6. The van der Waals surface area contributed by atoms with Crippen LogP contribution in [0.2, 0.25) is 0 Å². The second-order valence-corrected chi connectivity index (χ2v) is 9.76. The van der Waals surface area contributed by atoms with Crippen LogP contribution in [0.4, 0.5) is 0 Å². The zero-order valence-electron chi connectivity index (χ0n) is 17.9. The first-order valence-electron chi connectivity index (χ1n) is 11.7. The lowest BCUT2D eigenvalue weighted by molar-refractivity contribution is -0.147. The fourth-order valence-corrected chi connectivity index (χ4v) is 6.67. The third-order valence-electron chi connectivity index (χ3n) is 8.15. The maximum absolute atomic E-state index is 13.2. The van der Waals surface area contributed by atoms with Crippen molar-refractivity contribution in [1.82, 2.24) is 25.0 Å². The van der Waals surface area contributed by atoms with Crippen LogP contribution >= 0.6 is 0 Å². The largest absolute Gasteiger partial charge is 0.340 e. The van der Waals surface area contributed by atoms with Crippen molar-refractivity contribution in [2.75, 3.05) is 19.6 Å².